The van der Waals surface area contributed by atoms with Crippen LogP contribution in [0.15, 0.2) is 48.5 Å². The van der Waals surface area contributed by atoms with Crippen molar-refractivity contribution in [1.29, 1.82) is 0 Å². The van der Waals surface area contributed by atoms with Crippen LogP contribution in [0.1, 0.15) is 27.0 Å². The monoisotopic (exact) mass is 434 g/mol. The van der Waals surface area contributed by atoms with Crippen molar-refractivity contribution in [3.05, 3.63) is 70.8 Å². The molecule has 0 bridgehead atoms. The van der Waals surface area contributed by atoms with E-state index in [1.165, 1.54) is 0 Å². The standard InChI is InChI=1S/C12H14FN.C9H6O.C3H8FN.ClH/c1-3-11-4-6-12(7-5-11)10-14(2)9-8-13;1-2-8-3-5-9(7-10)6-4-8;1-5-3-2-4;/h1,4-7H,8-10H2,2H3;1,3-7H;5H,2-3H2,1H3;1H. The number of alkyl halides is 2. The fraction of sp³-hybridized carbons (Fsp3) is 0.292. The molecule has 0 saturated carbocycles. The van der Waals surface area contributed by atoms with Crippen molar-refractivity contribution in [3.63, 3.8) is 0 Å². The number of carbonyl (C=O) groups excluding carboxylic acids is 1. The van der Waals surface area contributed by atoms with Crippen molar-refractivity contribution in [2.75, 3.05) is 40.5 Å². The molecular weight excluding hydrogens is 406 g/mol. The molecule has 1 N–H and O–H groups in total. The highest BCUT2D eigenvalue weighted by atomic mass is 35.5. The molecule has 6 heteroatoms. The highest BCUT2D eigenvalue weighted by Gasteiger charge is 1.99. The smallest absolute Gasteiger partial charge is 0.150 e. The summed E-state index contributed by atoms with van der Waals surface area (Å²) >= 11 is 0. The van der Waals surface area contributed by atoms with Crippen LogP contribution in [-0.4, -0.2) is 51.7 Å². The zero-order chi connectivity index (χ0) is 21.9. The first-order chi connectivity index (χ1) is 14.0. The molecule has 0 aliphatic heterocycles. The van der Waals surface area contributed by atoms with E-state index in [1.807, 2.05) is 36.2 Å². The molecule has 30 heavy (non-hydrogen) atoms. The largest absolute Gasteiger partial charge is 0.317 e. The van der Waals surface area contributed by atoms with Gasteiger partial charge in [-0.2, -0.15) is 0 Å². The molecule has 2 rings (SSSR count). The molecule has 0 fully saturated rings. The van der Waals surface area contributed by atoms with Gasteiger partial charge in [0.15, 0.2) is 0 Å². The maximum Gasteiger partial charge on any atom is 0.150 e. The summed E-state index contributed by atoms with van der Waals surface area (Å²) < 4.78 is 22.9. The average molecular weight is 435 g/mol. The van der Waals surface area contributed by atoms with Crippen LogP contribution in [0.5, 0.6) is 0 Å². The first kappa shape index (κ1) is 29.5. The molecule has 0 radical (unpaired) electrons. The number of rotatable bonds is 7. The van der Waals surface area contributed by atoms with E-state index in [-0.39, 0.29) is 25.8 Å². The Labute approximate surface area is 185 Å². The summed E-state index contributed by atoms with van der Waals surface area (Å²) in [6, 6.07) is 14.6. The van der Waals surface area contributed by atoms with Crippen molar-refractivity contribution >= 4 is 18.7 Å². The molecule has 3 nitrogen and oxygen atoms in total. The van der Waals surface area contributed by atoms with Gasteiger partial charge in [-0.25, -0.2) is 8.78 Å². The lowest BCUT2D eigenvalue weighted by molar-refractivity contribution is 0.112. The van der Waals surface area contributed by atoms with Gasteiger partial charge in [-0.3, -0.25) is 9.69 Å². The van der Waals surface area contributed by atoms with E-state index >= 15 is 0 Å². The van der Waals surface area contributed by atoms with Crippen molar-refractivity contribution in [2.24, 2.45) is 0 Å². The number of carbonyl (C=O) groups is 1. The summed E-state index contributed by atoms with van der Waals surface area (Å²) in [6.45, 7) is 1.13. The molecule has 0 aliphatic rings. The Kier molecular flexibility index (Phi) is 19.3. The average Bonchev–Trinajstić information content (AvgIpc) is 2.76. The number of nitrogens with one attached hydrogen (secondary N) is 1. The SMILES string of the molecule is C#Cc1ccc(C=O)cc1.C#Cc1ccc(CN(C)CCF)cc1.CNCCF.Cl. The Morgan fingerprint density at radius 1 is 0.967 bits per heavy atom. The quantitative estimate of drug-likeness (QED) is 0.525. The van der Waals surface area contributed by atoms with E-state index in [4.69, 9.17) is 12.8 Å². The number of halogens is 3. The number of benzene rings is 2. The van der Waals surface area contributed by atoms with Gasteiger partial charge in [0.25, 0.3) is 0 Å². The molecule has 0 saturated heterocycles. The first-order valence-electron chi connectivity index (χ1n) is 9.07. The number of terminal acetylenes is 2. The van der Waals surface area contributed by atoms with Crippen LogP contribution in [0.2, 0.25) is 0 Å². The van der Waals surface area contributed by atoms with Crippen LogP contribution >= 0.6 is 12.4 Å². The third-order valence-electron chi connectivity index (χ3n) is 3.60. The highest BCUT2D eigenvalue weighted by molar-refractivity contribution is 5.85. The highest BCUT2D eigenvalue weighted by Crippen LogP contribution is 2.05. The Bertz CT molecular complexity index is 764. The number of nitrogens with zero attached hydrogens (tertiary/aromatic N) is 1. The summed E-state index contributed by atoms with van der Waals surface area (Å²) in [6.07, 6.45) is 11.1. The van der Waals surface area contributed by atoms with Gasteiger partial charge in [-0.1, -0.05) is 36.1 Å². The molecule has 162 valence electrons. The second-order valence-corrected chi connectivity index (χ2v) is 5.94. The maximum absolute atomic E-state index is 12.0. The van der Waals surface area contributed by atoms with Gasteiger partial charge in [-0.05, 0) is 43.9 Å². The first-order valence-corrected chi connectivity index (χ1v) is 9.07. The number of hydrogen-bond acceptors (Lipinski definition) is 3. The summed E-state index contributed by atoms with van der Waals surface area (Å²) in [5.41, 5.74) is 3.48. The van der Waals surface area contributed by atoms with E-state index in [1.54, 1.807) is 31.3 Å². The van der Waals surface area contributed by atoms with Crippen molar-refractivity contribution < 1.29 is 13.6 Å². The van der Waals surface area contributed by atoms with Gasteiger partial charge < -0.3 is 5.32 Å². The Hall–Kier alpha value is -2.70. The zero-order valence-corrected chi connectivity index (χ0v) is 18.2. The second-order valence-electron chi connectivity index (χ2n) is 5.94. The minimum Gasteiger partial charge on any atom is -0.317 e. The zero-order valence-electron chi connectivity index (χ0n) is 17.4. The maximum atomic E-state index is 12.0. The molecule has 0 unspecified atom stereocenters. The molecular formula is C24H29ClF2N2O. The van der Waals surface area contributed by atoms with E-state index in [9.17, 15) is 13.6 Å². The van der Waals surface area contributed by atoms with Gasteiger partial charge in [0.2, 0.25) is 0 Å². The normalized spacial score (nSPS) is 8.90. The Morgan fingerprint density at radius 2 is 1.47 bits per heavy atom. The van der Waals surface area contributed by atoms with Crippen LogP contribution in [0, 0.1) is 24.7 Å². The topological polar surface area (TPSA) is 32.3 Å². The fourth-order valence-electron chi connectivity index (χ4n) is 1.99. The van der Waals surface area contributed by atoms with E-state index in [0.29, 0.717) is 18.7 Å². The Balaban J connectivity index is 0. The van der Waals surface area contributed by atoms with Crippen LogP contribution in [0.4, 0.5) is 8.78 Å². The predicted octanol–water partition coefficient (Wildman–Crippen LogP) is 4.15. The predicted molar refractivity (Wildman–Crippen MR) is 124 cm³/mol. The van der Waals surface area contributed by atoms with Gasteiger partial charge in [0.1, 0.15) is 19.6 Å². The lowest BCUT2D eigenvalue weighted by atomic mass is 10.1. The van der Waals surface area contributed by atoms with Gasteiger partial charge >= 0.3 is 0 Å². The van der Waals surface area contributed by atoms with Crippen molar-refractivity contribution in [1.82, 2.24) is 10.2 Å². The molecule has 2 aromatic rings. The second kappa shape index (κ2) is 19.6. The van der Waals surface area contributed by atoms with Crippen molar-refractivity contribution in [3.8, 4) is 24.7 Å². The summed E-state index contributed by atoms with van der Waals surface area (Å²) in [4.78, 5) is 12.1. The molecule has 2 aromatic carbocycles. The van der Waals surface area contributed by atoms with Crippen LogP contribution in [0.25, 0.3) is 0 Å². The fourth-order valence-corrected chi connectivity index (χ4v) is 1.99. The van der Waals surface area contributed by atoms with Crippen molar-refractivity contribution in [2.45, 2.75) is 6.54 Å². The molecule has 0 aliphatic carbocycles. The van der Waals surface area contributed by atoms with Crippen LogP contribution < -0.4 is 5.32 Å². The van der Waals surface area contributed by atoms with Gasteiger partial charge in [-0.15, -0.1) is 25.3 Å². The minimum absolute atomic E-state index is 0. The minimum atomic E-state index is -0.307. The Morgan fingerprint density at radius 3 is 1.80 bits per heavy atom. The number of hydrogen-bond donors (Lipinski definition) is 1. The molecule has 0 aromatic heterocycles. The third kappa shape index (κ3) is 14.3. The summed E-state index contributed by atoms with van der Waals surface area (Å²) in [5, 5.41) is 2.64. The molecule has 0 spiro atoms. The van der Waals surface area contributed by atoms with Crippen LogP contribution in [0.3, 0.4) is 0 Å². The van der Waals surface area contributed by atoms with E-state index < -0.39 is 0 Å². The molecule has 0 atom stereocenters. The summed E-state index contributed by atoms with van der Waals surface area (Å²) in [5.74, 6) is 5.02. The molecule has 0 amide bonds. The van der Waals surface area contributed by atoms with Crippen LogP contribution in [-0.2, 0) is 6.54 Å². The van der Waals surface area contributed by atoms with Gasteiger partial charge in [0, 0.05) is 36.3 Å². The number of aldehydes is 1. The third-order valence-corrected chi connectivity index (χ3v) is 3.60. The van der Waals surface area contributed by atoms with E-state index in [2.05, 4.69) is 17.2 Å². The lowest BCUT2D eigenvalue weighted by Crippen LogP contribution is -2.20. The summed E-state index contributed by atoms with van der Waals surface area (Å²) in [7, 11) is 3.62. The lowest BCUT2D eigenvalue weighted by Gasteiger charge is -2.14. The van der Waals surface area contributed by atoms with Gasteiger partial charge in [0.05, 0.1) is 0 Å². The molecule has 0 heterocycles. The van der Waals surface area contributed by atoms with E-state index in [0.717, 1.165) is 29.5 Å².